The molecule has 0 spiro atoms. The number of aromatic nitrogens is 3. The van der Waals surface area contributed by atoms with Gasteiger partial charge in [0, 0.05) is 17.5 Å². The van der Waals surface area contributed by atoms with Gasteiger partial charge in [0.2, 0.25) is 5.91 Å². The van der Waals surface area contributed by atoms with E-state index in [0.717, 1.165) is 47.2 Å². The van der Waals surface area contributed by atoms with Crippen molar-refractivity contribution in [3.05, 3.63) is 89.7 Å². The third-order valence-electron chi connectivity index (χ3n) is 8.33. The number of thioether (sulfide) groups is 1. The van der Waals surface area contributed by atoms with Gasteiger partial charge in [-0.05, 0) is 72.7 Å². The van der Waals surface area contributed by atoms with Crippen LogP contribution in [0.1, 0.15) is 61.6 Å². The largest absolute Gasteiger partial charge is 0.573 e. The quantitative estimate of drug-likeness (QED) is 0.217. The first-order valence-corrected chi connectivity index (χ1v) is 16.3. The lowest BCUT2D eigenvalue weighted by molar-refractivity contribution is -0.274. The summed E-state index contributed by atoms with van der Waals surface area (Å²) in [5.74, 6) is 0.561. The predicted octanol–water partition coefficient (Wildman–Crippen LogP) is 7.75. The lowest BCUT2D eigenvalue weighted by Gasteiger charge is -2.24. The zero-order valence-corrected chi connectivity index (χ0v) is 26.8. The van der Waals surface area contributed by atoms with Gasteiger partial charge in [0.15, 0.2) is 11.0 Å². The topological polar surface area (TPSA) is 102 Å². The highest BCUT2D eigenvalue weighted by molar-refractivity contribution is 8.15. The van der Waals surface area contributed by atoms with Crippen molar-refractivity contribution >= 4 is 34.6 Å². The smallest absolute Gasteiger partial charge is 0.406 e. The molecule has 1 aliphatic carbocycles. The van der Waals surface area contributed by atoms with Crippen LogP contribution in [0.15, 0.2) is 78.0 Å². The van der Waals surface area contributed by atoms with Gasteiger partial charge in [-0.2, -0.15) is 4.99 Å². The van der Waals surface area contributed by atoms with Gasteiger partial charge < -0.3 is 10.1 Å². The van der Waals surface area contributed by atoms with Crippen molar-refractivity contribution in [3.8, 4) is 22.8 Å². The van der Waals surface area contributed by atoms with Gasteiger partial charge in [0.05, 0.1) is 17.1 Å². The van der Waals surface area contributed by atoms with Crippen LogP contribution in [0.5, 0.6) is 5.75 Å². The van der Waals surface area contributed by atoms with Crippen LogP contribution in [0.4, 0.5) is 23.7 Å². The average Bonchev–Trinajstić information content (AvgIpc) is 3.77. The third-order valence-corrected chi connectivity index (χ3v) is 9.25. The maximum atomic E-state index is 13.2. The molecule has 47 heavy (non-hydrogen) atoms. The van der Waals surface area contributed by atoms with E-state index in [1.54, 1.807) is 4.90 Å². The highest BCUT2D eigenvalue weighted by atomic mass is 32.2. The molecular formula is C34H33F3N6O3S. The predicted molar refractivity (Wildman–Crippen MR) is 175 cm³/mol. The van der Waals surface area contributed by atoms with Crippen LogP contribution in [-0.4, -0.2) is 50.0 Å². The summed E-state index contributed by atoms with van der Waals surface area (Å²) in [5, 5.41) is 7.96. The minimum absolute atomic E-state index is 0.0921. The Bertz CT molecular complexity index is 1810. The van der Waals surface area contributed by atoms with Gasteiger partial charge in [0.25, 0.3) is 0 Å². The maximum Gasteiger partial charge on any atom is 0.573 e. The lowest BCUT2D eigenvalue weighted by atomic mass is 9.93. The molecule has 1 aromatic heterocycles. The van der Waals surface area contributed by atoms with E-state index in [4.69, 9.17) is 0 Å². The molecule has 0 radical (unpaired) electrons. The van der Waals surface area contributed by atoms with Crippen molar-refractivity contribution in [2.75, 3.05) is 10.7 Å². The minimum Gasteiger partial charge on any atom is -0.406 e. The molecule has 2 aliphatic rings. The molecule has 6 rings (SSSR count). The number of nitrogens with zero attached hydrogens (tertiary/aromatic N) is 5. The van der Waals surface area contributed by atoms with Crippen LogP contribution in [0.3, 0.4) is 0 Å². The Morgan fingerprint density at radius 2 is 1.81 bits per heavy atom. The molecular weight excluding hydrogens is 629 g/mol. The number of carbonyl (C=O) groups is 2. The molecule has 1 saturated heterocycles. The minimum atomic E-state index is -4.76. The fourth-order valence-electron chi connectivity index (χ4n) is 6.30. The van der Waals surface area contributed by atoms with Gasteiger partial charge in [-0.3, -0.25) is 9.69 Å². The Hall–Kier alpha value is -4.65. The van der Waals surface area contributed by atoms with Gasteiger partial charge in [-0.1, -0.05) is 68.4 Å². The SMILES string of the molecule is Cc1cccc(N2C(=O)CSC2=NC(=O)NC2CCCC2c2ccc(-c3ncn(-c4ccc(OC(F)(F)F)cc4)n3)cc2)c1C(C)C. The molecule has 3 aromatic carbocycles. The Morgan fingerprint density at radius 3 is 2.51 bits per heavy atom. The highest BCUT2D eigenvalue weighted by Crippen LogP contribution is 2.37. The molecule has 1 saturated carbocycles. The average molecular weight is 663 g/mol. The number of nitrogens with one attached hydrogen (secondary N) is 1. The van der Waals surface area contributed by atoms with E-state index >= 15 is 0 Å². The number of rotatable bonds is 7. The monoisotopic (exact) mass is 662 g/mol. The van der Waals surface area contributed by atoms with Crippen molar-refractivity contribution in [3.63, 3.8) is 0 Å². The number of hydrogen-bond acceptors (Lipinski definition) is 6. The number of carbonyl (C=O) groups excluding carboxylic acids is 2. The Morgan fingerprint density at radius 1 is 1.06 bits per heavy atom. The number of amides is 3. The molecule has 2 atom stereocenters. The molecule has 2 fully saturated rings. The fraction of sp³-hybridized carbons (Fsp3) is 0.324. The normalized spacial score (nSPS) is 19.2. The van der Waals surface area contributed by atoms with E-state index in [0.29, 0.717) is 16.7 Å². The first-order valence-electron chi connectivity index (χ1n) is 15.3. The molecule has 3 amide bonds. The molecule has 9 nitrogen and oxygen atoms in total. The Labute approximate surface area is 274 Å². The Balaban J connectivity index is 1.13. The fourth-order valence-corrected chi connectivity index (χ4v) is 7.16. The second-order valence-electron chi connectivity index (χ2n) is 11.8. The zero-order valence-electron chi connectivity index (χ0n) is 26.0. The number of urea groups is 1. The summed E-state index contributed by atoms with van der Waals surface area (Å²) in [7, 11) is 0. The van der Waals surface area contributed by atoms with E-state index < -0.39 is 12.4 Å². The highest BCUT2D eigenvalue weighted by Gasteiger charge is 2.34. The van der Waals surface area contributed by atoms with Gasteiger partial charge in [0.1, 0.15) is 12.1 Å². The van der Waals surface area contributed by atoms with Crippen LogP contribution < -0.4 is 15.0 Å². The van der Waals surface area contributed by atoms with E-state index in [-0.39, 0.29) is 35.3 Å². The van der Waals surface area contributed by atoms with Crippen LogP contribution in [0.25, 0.3) is 17.1 Å². The van der Waals surface area contributed by atoms with Crippen LogP contribution in [-0.2, 0) is 4.79 Å². The molecule has 2 heterocycles. The summed E-state index contributed by atoms with van der Waals surface area (Å²) in [5.41, 5.74) is 5.29. The summed E-state index contributed by atoms with van der Waals surface area (Å²) < 4.78 is 42.8. The summed E-state index contributed by atoms with van der Waals surface area (Å²) in [6.07, 6.45) is -0.598. The number of alkyl halides is 3. The molecule has 4 aromatic rings. The number of aliphatic imine (C=N–C) groups is 1. The van der Waals surface area contributed by atoms with Gasteiger partial charge in [-0.15, -0.1) is 18.3 Å². The van der Waals surface area contributed by atoms with Crippen LogP contribution in [0.2, 0.25) is 0 Å². The van der Waals surface area contributed by atoms with Crippen LogP contribution >= 0.6 is 11.8 Å². The van der Waals surface area contributed by atoms with Crippen molar-refractivity contribution in [1.82, 2.24) is 20.1 Å². The van der Waals surface area contributed by atoms with Crippen molar-refractivity contribution in [2.24, 2.45) is 4.99 Å². The van der Waals surface area contributed by atoms with Gasteiger partial charge in [-0.25, -0.2) is 14.5 Å². The number of anilines is 1. The second kappa shape index (κ2) is 13.2. The maximum absolute atomic E-state index is 13.2. The molecule has 0 bridgehead atoms. The third kappa shape index (κ3) is 7.19. The summed E-state index contributed by atoms with van der Waals surface area (Å²) in [6, 6.07) is 18.5. The molecule has 13 heteroatoms. The van der Waals surface area contributed by atoms with Gasteiger partial charge >= 0.3 is 12.4 Å². The lowest BCUT2D eigenvalue weighted by Crippen LogP contribution is -2.37. The number of halogens is 3. The van der Waals surface area contributed by atoms with E-state index in [2.05, 4.69) is 39.0 Å². The number of aryl methyl sites for hydroxylation is 1. The molecule has 2 unspecified atom stereocenters. The van der Waals surface area contributed by atoms with E-state index in [1.807, 2.05) is 49.4 Å². The number of benzene rings is 3. The van der Waals surface area contributed by atoms with Crippen molar-refractivity contribution < 1.29 is 27.5 Å². The van der Waals surface area contributed by atoms with Crippen LogP contribution in [0, 0.1) is 6.92 Å². The molecule has 1 N–H and O–H groups in total. The van der Waals surface area contributed by atoms with Crippen molar-refractivity contribution in [1.29, 1.82) is 0 Å². The molecule has 244 valence electrons. The standard InChI is InChI=1S/C34H33F3N6O3S/c1-20(2)30-21(3)6-4-9-28(30)43-29(44)18-47-33(43)40-32(45)39-27-8-5-7-26(27)22-10-12-23(13-11-22)31-38-19-42(41-31)24-14-16-25(17-15-24)46-34(35,36)37/h4,6,9-17,19-20,26-27H,5,7-8,18H2,1-3H3,(H,39,45). The first kappa shape index (κ1) is 32.3. The summed E-state index contributed by atoms with van der Waals surface area (Å²) in [6.45, 7) is 6.19. The summed E-state index contributed by atoms with van der Waals surface area (Å²) >= 11 is 1.27. The number of hydrogen-bond donors (Lipinski definition) is 1. The zero-order chi connectivity index (χ0) is 33.3. The molecule has 1 aliphatic heterocycles. The Kier molecular flexibility index (Phi) is 9.09. The van der Waals surface area contributed by atoms with E-state index in [1.165, 1.54) is 47.0 Å². The number of ether oxygens (including phenoxy) is 1. The first-order chi connectivity index (χ1) is 22.5. The van der Waals surface area contributed by atoms with Crippen molar-refractivity contribution in [2.45, 2.75) is 64.3 Å². The summed E-state index contributed by atoms with van der Waals surface area (Å²) in [4.78, 5) is 36.5. The second-order valence-corrected chi connectivity index (χ2v) is 12.8. The number of amidine groups is 1. The van der Waals surface area contributed by atoms with E-state index in [9.17, 15) is 22.8 Å².